The highest BCUT2D eigenvalue weighted by Gasteiger charge is 2.29. The summed E-state index contributed by atoms with van der Waals surface area (Å²) in [5.41, 5.74) is 1.85. The fraction of sp³-hybridized carbons (Fsp3) is 0.600. The molecule has 1 unspecified atom stereocenters. The molecule has 1 aromatic rings. The highest BCUT2D eigenvalue weighted by Crippen LogP contribution is 2.27. The van der Waals surface area contributed by atoms with E-state index in [9.17, 15) is 4.79 Å². The summed E-state index contributed by atoms with van der Waals surface area (Å²) in [7, 11) is 1.77. The number of aliphatic imine (C=N–C) groups is 1. The Bertz CT molecular complexity index is 655. The fourth-order valence-corrected chi connectivity index (χ4v) is 3.33. The van der Waals surface area contributed by atoms with Crippen LogP contribution < -0.4 is 16.0 Å². The molecule has 2 aliphatic rings. The molecule has 3 rings (SSSR count). The standard InChI is InChI=1S/C20H30N4O2.HI/c1-20(10-5-11-26-20)14-23-19(21-2)22-13-15-6-3-9-17(12-15)24-18(25)16-7-4-8-16;/h3,6,9,12,16H,4-5,7-8,10-11,13-14H2,1-2H3,(H,24,25)(H2,21,22,23);1H. The molecule has 2 fully saturated rings. The molecule has 150 valence electrons. The maximum Gasteiger partial charge on any atom is 0.227 e. The quantitative estimate of drug-likeness (QED) is 0.328. The van der Waals surface area contributed by atoms with Crippen LogP contribution in [0.2, 0.25) is 0 Å². The molecule has 3 N–H and O–H groups in total. The van der Waals surface area contributed by atoms with Gasteiger partial charge in [0.25, 0.3) is 0 Å². The average molecular weight is 486 g/mol. The van der Waals surface area contributed by atoms with Crippen molar-refractivity contribution in [3.05, 3.63) is 29.8 Å². The third-order valence-electron chi connectivity index (χ3n) is 5.28. The van der Waals surface area contributed by atoms with Crippen LogP contribution in [-0.4, -0.2) is 37.7 Å². The first-order valence-corrected chi connectivity index (χ1v) is 9.56. The molecule has 6 nitrogen and oxygen atoms in total. The van der Waals surface area contributed by atoms with Gasteiger partial charge < -0.3 is 20.7 Å². The molecule has 1 saturated heterocycles. The Kier molecular flexibility index (Phi) is 8.34. The number of rotatable bonds is 6. The summed E-state index contributed by atoms with van der Waals surface area (Å²) in [5.74, 6) is 1.09. The molecule has 27 heavy (non-hydrogen) atoms. The minimum atomic E-state index is -0.108. The van der Waals surface area contributed by atoms with E-state index in [0.29, 0.717) is 6.54 Å². The Hall–Kier alpha value is -1.35. The van der Waals surface area contributed by atoms with Gasteiger partial charge in [0.2, 0.25) is 5.91 Å². The number of hydrogen-bond donors (Lipinski definition) is 3. The highest BCUT2D eigenvalue weighted by atomic mass is 127. The van der Waals surface area contributed by atoms with E-state index in [1.54, 1.807) is 7.05 Å². The van der Waals surface area contributed by atoms with Crippen LogP contribution in [0.5, 0.6) is 0 Å². The summed E-state index contributed by atoms with van der Waals surface area (Å²) < 4.78 is 5.80. The number of benzene rings is 1. The predicted octanol–water partition coefficient (Wildman–Crippen LogP) is 3.28. The maximum absolute atomic E-state index is 12.1. The Balaban J connectivity index is 0.00000261. The molecular formula is C20H31IN4O2. The molecule has 1 aliphatic carbocycles. The highest BCUT2D eigenvalue weighted by molar-refractivity contribution is 14.0. The largest absolute Gasteiger partial charge is 0.373 e. The van der Waals surface area contributed by atoms with Crippen LogP contribution in [0, 0.1) is 5.92 Å². The lowest BCUT2D eigenvalue weighted by Crippen LogP contribution is -2.45. The van der Waals surface area contributed by atoms with E-state index in [0.717, 1.165) is 62.5 Å². The van der Waals surface area contributed by atoms with Crippen molar-refractivity contribution in [3.8, 4) is 0 Å². The molecule has 0 spiro atoms. The van der Waals surface area contributed by atoms with Crippen molar-refractivity contribution in [3.63, 3.8) is 0 Å². The molecule has 1 atom stereocenters. The van der Waals surface area contributed by atoms with Gasteiger partial charge in [-0.2, -0.15) is 0 Å². The number of carbonyl (C=O) groups excluding carboxylic acids is 1. The van der Waals surface area contributed by atoms with E-state index in [2.05, 4.69) is 27.9 Å². The Morgan fingerprint density at radius 2 is 2.11 bits per heavy atom. The number of nitrogens with zero attached hydrogens (tertiary/aromatic N) is 1. The van der Waals surface area contributed by atoms with Gasteiger partial charge in [0, 0.05) is 38.3 Å². The van der Waals surface area contributed by atoms with Crippen LogP contribution in [0.25, 0.3) is 0 Å². The summed E-state index contributed by atoms with van der Waals surface area (Å²) in [4.78, 5) is 16.4. The zero-order valence-electron chi connectivity index (χ0n) is 16.2. The van der Waals surface area contributed by atoms with Gasteiger partial charge in [-0.3, -0.25) is 9.79 Å². The van der Waals surface area contributed by atoms with Crippen molar-refractivity contribution in [2.24, 2.45) is 10.9 Å². The van der Waals surface area contributed by atoms with E-state index in [-0.39, 0.29) is 41.4 Å². The molecular weight excluding hydrogens is 455 g/mol. The average Bonchev–Trinajstić information content (AvgIpc) is 3.00. The zero-order valence-corrected chi connectivity index (χ0v) is 18.5. The smallest absolute Gasteiger partial charge is 0.227 e. The minimum Gasteiger partial charge on any atom is -0.373 e. The van der Waals surface area contributed by atoms with E-state index < -0.39 is 0 Å². The summed E-state index contributed by atoms with van der Waals surface area (Å²) in [6.45, 7) is 4.35. The lowest BCUT2D eigenvalue weighted by atomic mass is 9.85. The fourth-order valence-electron chi connectivity index (χ4n) is 3.33. The van der Waals surface area contributed by atoms with Crippen LogP contribution in [0.4, 0.5) is 5.69 Å². The number of carbonyl (C=O) groups is 1. The number of halogens is 1. The van der Waals surface area contributed by atoms with E-state index in [4.69, 9.17) is 4.74 Å². The van der Waals surface area contributed by atoms with Gasteiger partial charge in [0.15, 0.2) is 5.96 Å². The topological polar surface area (TPSA) is 74.8 Å². The Labute approximate surface area is 178 Å². The summed E-state index contributed by atoms with van der Waals surface area (Å²) in [6, 6.07) is 7.96. The normalized spacial score (nSPS) is 22.5. The molecule has 1 heterocycles. The maximum atomic E-state index is 12.1. The number of guanidine groups is 1. The van der Waals surface area contributed by atoms with Crippen molar-refractivity contribution < 1.29 is 9.53 Å². The van der Waals surface area contributed by atoms with Crippen LogP contribution in [0.1, 0.15) is 44.6 Å². The summed E-state index contributed by atoms with van der Waals surface area (Å²) >= 11 is 0. The molecule has 0 aromatic heterocycles. The Morgan fingerprint density at radius 1 is 1.30 bits per heavy atom. The van der Waals surface area contributed by atoms with Crippen molar-refractivity contribution in [2.45, 2.75) is 51.2 Å². The summed E-state index contributed by atoms with van der Waals surface area (Å²) in [6.07, 6.45) is 5.37. The molecule has 0 bridgehead atoms. The molecule has 7 heteroatoms. The minimum absolute atomic E-state index is 0. The van der Waals surface area contributed by atoms with Gasteiger partial charge in [0.1, 0.15) is 0 Å². The third-order valence-corrected chi connectivity index (χ3v) is 5.28. The molecule has 1 aliphatic heterocycles. The SMILES string of the molecule is CN=C(NCc1cccc(NC(=O)C2CCC2)c1)NCC1(C)CCCO1.I. The second-order valence-electron chi connectivity index (χ2n) is 7.50. The van der Waals surface area contributed by atoms with Crippen LogP contribution in [0.15, 0.2) is 29.3 Å². The van der Waals surface area contributed by atoms with Crippen molar-refractivity contribution in [1.82, 2.24) is 10.6 Å². The second-order valence-corrected chi connectivity index (χ2v) is 7.50. The summed E-state index contributed by atoms with van der Waals surface area (Å²) in [5, 5.41) is 9.69. The predicted molar refractivity (Wildman–Crippen MR) is 120 cm³/mol. The van der Waals surface area contributed by atoms with Gasteiger partial charge in [-0.25, -0.2) is 0 Å². The van der Waals surface area contributed by atoms with Crippen molar-refractivity contribution >= 4 is 41.5 Å². The molecule has 1 amide bonds. The number of hydrogen-bond acceptors (Lipinski definition) is 3. The number of anilines is 1. The van der Waals surface area contributed by atoms with Crippen molar-refractivity contribution in [1.29, 1.82) is 0 Å². The first-order valence-electron chi connectivity index (χ1n) is 9.56. The first-order chi connectivity index (χ1) is 12.6. The number of amides is 1. The van der Waals surface area contributed by atoms with E-state index in [1.165, 1.54) is 0 Å². The molecule has 1 saturated carbocycles. The van der Waals surface area contributed by atoms with E-state index in [1.807, 2.05) is 24.3 Å². The lowest BCUT2D eigenvalue weighted by molar-refractivity contribution is -0.122. The Morgan fingerprint density at radius 3 is 2.74 bits per heavy atom. The van der Waals surface area contributed by atoms with Gasteiger partial charge in [0.05, 0.1) is 5.60 Å². The number of nitrogens with one attached hydrogen (secondary N) is 3. The first kappa shape index (κ1) is 21.9. The second kappa shape index (κ2) is 10.3. The molecule has 1 aromatic carbocycles. The third kappa shape index (κ3) is 6.34. The van der Waals surface area contributed by atoms with E-state index >= 15 is 0 Å². The zero-order chi connectivity index (χ0) is 18.4. The monoisotopic (exact) mass is 486 g/mol. The lowest BCUT2D eigenvalue weighted by Gasteiger charge is -2.25. The van der Waals surface area contributed by atoms with Crippen LogP contribution in [0.3, 0.4) is 0 Å². The van der Waals surface area contributed by atoms with Crippen LogP contribution >= 0.6 is 24.0 Å². The van der Waals surface area contributed by atoms with Gasteiger partial charge in [-0.05, 0) is 50.3 Å². The molecule has 0 radical (unpaired) electrons. The van der Waals surface area contributed by atoms with Gasteiger partial charge >= 0.3 is 0 Å². The van der Waals surface area contributed by atoms with Gasteiger partial charge in [-0.1, -0.05) is 18.6 Å². The number of ether oxygens (including phenoxy) is 1. The van der Waals surface area contributed by atoms with Crippen molar-refractivity contribution in [2.75, 3.05) is 25.5 Å². The van der Waals surface area contributed by atoms with Crippen LogP contribution in [-0.2, 0) is 16.1 Å². The van der Waals surface area contributed by atoms with Gasteiger partial charge in [-0.15, -0.1) is 24.0 Å².